The summed E-state index contributed by atoms with van der Waals surface area (Å²) in [6, 6.07) is 10.5. The quantitative estimate of drug-likeness (QED) is 0.789. The summed E-state index contributed by atoms with van der Waals surface area (Å²) in [6.45, 7) is 7.63. The Labute approximate surface area is 157 Å². The number of para-hydroxylation sites is 1. The van der Waals surface area contributed by atoms with Crippen molar-refractivity contribution in [3.8, 4) is 5.75 Å². The summed E-state index contributed by atoms with van der Waals surface area (Å²) in [5, 5.41) is 7.39. The van der Waals surface area contributed by atoms with Crippen molar-refractivity contribution in [1.82, 2.24) is 20.0 Å². The number of aromatic nitrogens is 2. The molecule has 0 saturated carbocycles. The first-order valence-corrected chi connectivity index (χ1v) is 9.67. The van der Waals surface area contributed by atoms with Crippen molar-refractivity contribution in [3.63, 3.8) is 0 Å². The number of methoxy groups -OCH3 is 1. The molecule has 1 aromatic carbocycles. The first kappa shape index (κ1) is 18.9. The molecule has 2 heterocycles. The molecule has 1 atom stereocenters. The van der Waals surface area contributed by atoms with Gasteiger partial charge in [0.2, 0.25) is 0 Å². The van der Waals surface area contributed by atoms with E-state index in [9.17, 15) is 0 Å². The van der Waals surface area contributed by atoms with Crippen LogP contribution in [-0.4, -0.2) is 60.3 Å². The van der Waals surface area contributed by atoms with E-state index in [-0.39, 0.29) is 0 Å². The summed E-state index contributed by atoms with van der Waals surface area (Å²) in [7, 11) is 3.96. The molecule has 1 aliphatic rings. The molecule has 142 valence electrons. The van der Waals surface area contributed by atoms with Gasteiger partial charge in [-0.2, -0.15) is 5.10 Å². The molecule has 1 aromatic heterocycles. The van der Waals surface area contributed by atoms with Crippen LogP contribution in [0.5, 0.6) is 5.75 Å². The van der Waals surface area contributed by atoms with E-state index in [0.29, 0.717) is 0 Å². The highest BCUT2D eigenvalue weighted by atomic mass is 16.5. The second kappa shape index (κ2) is 9.19. The number of ether oxygens (including phenoxy) is 1. The number of hydrogen-bond acceptors (Lipinski definition) is 4. The minimum absolute atomic E-state index is 0.742. The number of rotatable bonds is 8. The molecule has 5 heteroatoms. The summed E-state index contributed by atoms with van der Waals surface area (Å²) in [5.74, 6) is 1.75. The van der Waals surface area contributed by atoms with Crippen molar-refractivity contribution in [2.24, 2.45) is 5.92 Å². The van der Waals surface area contributed by atoms with Gasteiger partial charge in [-0.25, -0.2) is 0 Å². The third kappa shape index (κ3) is 5.32. The van der Waals surface area contributed by atoms with Gasteiger partial charge in [0.15, 0.2) is 0 Å². The molecule has 2 aromatic rings. The van der Waals surface area contributed by atoms with Gasteiger partial charge in [0.1, 0.15) is 5.75 Å². The molecular formula is C21H32N4O. The fraction of sp³-hybridized carbons (Fsp3) is 0.571. The summed E-state index contributed by atoms with van der Waals surface area (Å²) in [6.07, 6.45) is 3.68. The maximum atomic E-state index is 5.48. The topological polar surface area (TPSA) is 44.4 Å². The minimum atomic E-state index is 0.742. The van der Waals surface area contributed by atoms with Crippen LogP contribution in [0, 0.1) is 12.8 Å². The lowest BCUT2D eigenvalue weighted by molar-refractivity contribution is 0.141. The molecular weight excluding hydrogens is 324 g/mol. The highest BCUT2D eigenvalue weighted by Gasteiger charge is 2.21. The van der Waals surface area contributed by atoms with Crippen molar-refractivity contribution in [2.75, 3.05) is 40.3 Å². The average molecular weight is 357 g/mol. The lowest BCUT2D eigenvalue weighted by atomic mass is 9.97. The smallest absolute Gasteiger partial charge is 0.122 e. The van der Waals surface area contributed by atoms with Crippen molar-refractivity contribution < 1.29 is 4.74 Å². The van der Waals surface area contributed by atoms with Gasteiger partial charge in [-0.05, 0) is 63.4 Å². The number of hydrogen-bond donors (Lipinski definition) is 1. The standard InChI is InChI=1S/C21H32N4O/c1-17-13-20(23-22-17)16-24(2)14-18-7-6-11-25(15-18)12-10-19-8-4-5-9-21(19)26-3/h4-5,8-9,13,18H,6-7,10-12,14-16H2,1-3H3,(H,22,23). The summed E-state index contributed by atoms with van der Waals surface area (Å²) < 4.78 is 5.48. The zero-order valence-electron chi connectivity index (χ0n) is 16.4. The summed E-state index contributed by atoms with van der Waals surface area (Å²) in [4.78, 5) is 5.02. The Kier molecular flexibility index (Phi) is 6.69. The molecule has 5 nitrogen and oxygen atoms in total. The molecule has 1 aliphatic heterocycles. The van der Waals surface area contributed by atoms with Gasteiger partial charge >= 0.3 is 0 Å². The highest BCUT2D eigenvalue weighted by Crippen LogP contribution is 2.21. The lowest BCUT2D eigenvalue weighted by Crippen LogP contribution is -2.40. The third-order valence-electron chi connectivity index (χ3n) is 5.25. The number of nitrogens with one attached hydrogen (secondary N) is 1. The van der Waals surface area contributed by atoms with Crippen LogP contribution in [0.15, 0.2) is 30.3 Å². The number of aromatic amines is 1. The molecule has 0 radical (unpaired) electrons. The number of benzene rings is 1. The molecule has 0 bridgehead atoms. The van der Waals surface area contributed by atoms with E-state index in [4.69, 9.17) is 4.74 Å². The zero-order chi connectivity index (χ0) is 18.4. The molecule has 0 spiro atoms. The van der Waals surface area contributed by atoms with Crippen LogP contribution in [0.4, 0.5) is 0 Å². The van der Waals surface area contributed by atoms with E-state index in [0.717, 1.165) is 49.1 Å². The van der Waals surface area contributed by atoms with E-state index < -0.39 is 0 Å². The highest BCUT2D eigenvalue weighted by molar-refractivity contribution is 5.33. The number of nitrogens with zero attached hydrogens (tertiary/aromatic N) is 3. The van der Waals surface area contributed by atoms with Crippen LogP contribution < -0.4 is 4.74 Å². The first-order valence-electron chi connectivity index (χ1n) is 9.67. The second-order valence-electron chi connectivity index (χ2n) is 7.61. The van der Waals surface area contributed by atoms with Crippen LogP contribution in [0.25, 0.3) is 0 Å². The predicted molar refractivity (Wildman–Crippen MR) is 106 cm³/mol. The number of likely N-dealkylation sites (tertiary alicyclic amines) is 1. The normalized spacial score (nSPS) is 18.4. The molecule has 1 saturated heterocycles. The second-order valence-corrected chi connectivity index (χ2v) is 7.61. The maximum Gasteiger partial charge on any atom is 0.122 e. The van der Waals surface area contributed by atoms with Crippen molar-refractivity contribution >= 4 is 0 Å². The van der Waals surface area contributed by atoms with E-state index in [1.165, 1.54) is 31.5 Å². The van der Waals surface area contributed by atoms with Crippen LogP contribution in [0.1, 0.15) is 29.8 Å². The molecule has 3 rings (SSSR count). The Morgan fingerprint density at radius 3 is 2.96 bits per heavy atom. The molecule has 0 amide bonds. The van der Waals surface area contributed by atoms with E-state index in [1.807, 2.05) is 6.07 Å². The minimum Gasteiger partial charge on any atom is -0.496 e. The van der Waals surface area contributed by atoms with E-state index in [1.54, 1.807) is 7.11 Å². The van der Waals surface area contributed by atoms with Gasteiger partial charge in [0.05, 0.1) is 12.8 Å². The van der Waals surface area contributed by atoms with Crippen LogP contribution in [0.3, 0.4) is 0 Å². The number of aryl methyl sites for hydroxylation is 1. The van der Waals surface area contributed by atoms with Gasteiger partial charge in [0, 0.05) is 31.9 Å². The Balaban J connectivity index is 1.46. The Morgan fingerprint density at radius 1 is 1.35 bits per heavy atom. The van der Waals surface area contributed by atoms with Crippen LogP contribution in [-0.2, 0) is 13.0 Å². The van der Waals surface area contributed by atoms with Gasteiger partial charge in [-0.1, -0.05) is 18.2 Å². The monoisotopic (exact) mass is 356 g/mol. The van der Waals surface area contributed by atoms with E-state index in [2.05, 4.69) is 58.2 Å². The van der Waals surface area contributed by atoms with Gasteiger partial charge < -0.3 is 14.5 Å². The zero-order valence-corrected chi connectivity index (χ0v) is 16.4. The van der Waals surface area contributed by atoms with Gasteiger partial charge in [0.25, 0.3) is 0 Å². The van der Waals surface area contributed by atoms with Crippen molar-refractivity contribution in [2.45, 2.75) is 32.7 Å². The van der Waals surface area contributed by atoms with Crippen molar-refractivity contribution in [3.05, 3.63) is 47.3 Å². The Bertz CT molecular complexity index is 684. The SMILES string of the molecule is COc1ccccc1CCN1CCCC(CN(C)Cc2cc(C)[nH]n2)C1. The summed E-state index contributed by atoms with van der Waals surface area (Å²) >= 11 is 0. The molecule has 26 heavy (non-hydrogen) atoms. The third-order valence-corrected chi connectivity index (χ3v) is 5.25. The Morgan fingerprint density at radius 2 is 2.19 bits per heavy atom. The summed E-state index contributed by atoms with van der Waals surface area (Å²) in [5.41, 5.74) is 3.57. The fourth-order valence-electron chi connectivity index (χ4n) is 4.03. The van der Waals surface area contributed by atoms with Crippen LogP contribution >= 0.6 is 0 Å². The largest absolute Gasteiger partial charge is 0.496 e. The Hall–Kier alpha value is -1.85. The molecule has 1 fully saturated rings. The first-order chi connectivity index (χ1) is 12.6. The van der Waals surface area contributed by atoms with Gasteiger partial charge in [-0.15, -0.1) is 0 Å². The number of piperidine rings is 1. The average Bonchev–Trinajstić information content (AvgIpc) is 3.05. The lowest BCUT2D eigenvalue weighted by Gasteiger charge is -2.34. The molecule has 1 N–H and O–H groups in total. The fourth-order valence-corrected chi connectivity index (χ4v) is 4.03. The number of H-pyrrole nitrogens is 1. The molecule has 0 aliphatic carbocycles. The molecule has 1 unspecified atom stereocenters. The van der Waals surface area contributed by atoms with Gasteiger partial charge in [-0.3, -0.25) is 5.10 Å². The maximum absolute atomic E-state index is 5.48. The van der Waals surface area contributed by atoms with E-state index >= 15 is 0 Å². The van der Waals surface area contributed by atoms with Crippen molar-refractivity contribution in [1.29, 1.82) is 0 Å². The van der Waals surface area contributed by atoms with Crippen LogP contribution in [0.2, 0.25) is 0 Å². The predicted octanol–water partition coefficient (Wildman–Crippen LogP) is 3.11.